The van der Waals surface area contributed by atoms with Gasteiger partial charge in [-0.2, -0.15) is 0 Å². The largest absolute Gasteiger partial charge is 0.328 e. The molecule has 0 saturated carbocycles. The van der Waals surface area contributed by atoms with E-state index in [0.29, 0.717) is 0 Å². The van der Waals surface area contributed by atoms with Crippen LogP contribution in [0.25, 0.3) is 0 Å². The van der Waals surface area contributed by atoms with Crippen molar-refractivity contribution in [1.82, 2.24) is 29.9 Å². The van der Waals surface area contributed by atoms with Gasteiger partial charge in [-0.1, -0.05) is 30.3 Å². The van der Waals surface area contributed by atoms with Crippen LogP contribution in [0.2, 0.25) is 0 Å². The van der Waals surface area contributed by atoms with Gasteiger partial charge in [0.2, 0.25) is 0 Å². The number of hydrogen-bond acceptors (Lipinski definition) is 4. The Labute approximate surface area is 142 Å². The molecule has 0 aliphatic carbocycles. The predicted molar refractivity (Wildman–Crippen MR) is 91.2 cm³/mol. The molecule has 7 nitrogen and oxygen atoms in total. The molecule has 2 aromatic rings. The minimum atomic E-state index is -0.160. The van der Waals surface area contributed by atoms with E-state index in [1.165, 1.54) is 5.56 Å². The van der Waals surface area contributed by atoms with Crippen LogP contribution < -0.4 is 5.32 Å². The van der Waals surface area contributed by atoms with E-state index in [4.69, 9.17) is 0 Å². The summed E-state index contributed by atoms with van der Waals surface area (Å²) in [6.45, 7) is 6.12. The molecule has 1 aliphatic heterocycles. The van der Waals surface area contributed by atoms with E-state index < -0.39 is 0 Å². The maximum absolute atomic E-state index is 12.4. The summed E-state index contributed by atoms with van der Waals surface area (Å²) in [5, 5.41) is 10.9. The molecule has 1 atom stereocenters. The molecule has 0 bridgehead atoms. The molecule has 24 heavy (non-hydrogen) atoms. The van der Waals surface area contributed by atoms with Crippen molar-refractivity contribution in [2.75, 3.05) is 26.2 Å². The number of piperazine rings is 1. The Bertz CT molecular complexity index is 663. The van der Waals surface area contributed by atoms with Crippen molar-refractivity contribution in [3.8, 4) is 0 Å². The first-order chi connectivity index (χ1) is 11.6. The molecule has 2 heterocycles. The van der Waals surface area contributed by atoms with Gasteiger partial charge in [0.15, 0.2) is 5.82 Å². The molecule has 1 aliphatic rings. The van der Waals surface area contributed by atoms with E-state index in [9.17, 15) is 4.79 Å². The van der Waals surface area contributed by atoms with Crippen molar-refractivity contribution >= 4 is 6.03 Å². The molecule has 1 unspecified atom stereocenters. The first kappa shape index (κ1) is 16.4. The van der Waals surface area contributed by atoms with E-state index in [-0.39, 0.29) is 12.1 Å². The van der Waals surface area contributed by atoms with Crippen LogP contribution in [0.4, 0.5) is 4.79 Å². The Morgan fingerprint density at radius 2 is 1.92 bits per heavy atom. The number of hydrogen-bond donors (Lipinski definition) is 1. The lowest BCUT2D eigenvalue weighted by Gasteiger charge is -2.35. The second-order valence-electron chi connectivity index (χ2n) is 6.22. The Morgan fingerprint density at radius 1 is 1.21 bits per heavy atom. The van der Waals surface area contributed by atoms with Crippen molar-refractivity contribution in [3.05, 3.63) is 48.0 Å². The Morgan fingerprint density at radius 3 is 2.54 bits per heavy atom. The number of carbonyl (C=O) groups is 1. The van der Waals surface area contributed by atoms with Crippen molar-refractivity contribution < 1.29 is 4.79 Å². The second-order valence-corrected chi connectivity index (χ2v) is 6.22. The van der Waals surface area contributed by atoms with E-state index in [1.54, 1.807) is 6.33 Å². The maximum Gasteiger partial charge on any atom is 0.318 e. The van der Waals surface area contributed by atoms with Crippen molar-refractivity contribution in [2.24, 2.45) is 7.05 Å². The molecule has 1 N–H and O–H groups in total. The van der Waals surface area contributed by atoms with Crippen LogP contribution in [0.3, 0.4) is 0 Å². The first-order valence-corrected chi connectivity index (χ1v) is 8.29. The molecular formula is C17H24N6O. The van der Waals surface area contributed by atoms with Gasteiger partial charge in [-0.05, 0) is 12.5 Å². The number of nitrogens with one attached hydrogen (secondary N) is 1. The molecular weight excluding hydrogens is 304 g/mol. The summed E-state index contributed by atoms with van der Waals surface area (Å²) in [7, 11) is 1.88. The number of urea groups is 1. The number of benzene rings is 1. The normalized spacial score (nSPS) is 16.8. The lowest BCUT2D eigenvalue weighted by Crippen LogP contribution is -2.51. The van der Waals surface area contributed by atoms with Gasteiger partial charge in [-0.3, -0.25) is 4.90 Å². The van der Waals surface area contributed by atoms with Crippen LogP contribution in [0.1, 0.15) is 24.4 Å². The average molecular weight is 328 g/mol. The summed E-state index contributed by atoms with van der Waals surface area (Å²) in [6.07, 6.45) is 1.64. The van der Waals surface area contributed by atoms with Crippen molar-refractivity contribution in [3.63, 3.8) is 0 Å². The average Bonchev–Trinajstić information content (AvgIpc) is 3.02. The Hall–Kier alpha value is -2.41. The number of rotatable bonds is 4. The molecule has 0 spiro atoms. The van der Waals surface area contributed by atoms with Gasteiger partial charge in [-0.25, -0.2) is 4.79 Å². The summed E-state index contributed by atoms with van der Waals surface area (Å²) in [6, 6.07) is 10.2. The lowest BCUT2D eigenvalue weighted by molar-refractivity contribution is 0.133. The molecule has 1 aromatic heterocycles. The molecule has 1 aromatic carbocycles. The molecule has 0 radical (unpaired) electrons. The summed E-state index contributed by atoms with van der Waals surface area (Å²) < 4.78 is 1.82. The van der Waals surface area contributed by atoms with Crippen LogP contribution in [0.15, 0.2) is 36.7 Å². The summed E-state index contributed by atoms with van der Waals surface area (Å²) in [5.74, 6) is 0.756. The predicted octanol–water partition coefficient (Wildman–Crippen LogP) is 1.40. The highest BCUT2D eigenvalue weighted by atomic mass is 16.2. The van der Waals surface area contributed by atoms with Crippen LogP contribution in [0.5, 0.6) is 0 Å². The minimum absolute atomic E-state index is 0.0372. The van der Waals surface area contributed by atoms with Gasteiger partial charge in [0.1, 0.15) is 6.33 Å². The fourth-order valence-corrected chi connectivity index (χ4v) is 2.98. The van der Waals surface area contributed by atoms with E-state index in [1.807, 2.05) is 29.5 Å². The van der Waals surface area contributed by atoms with Crippen LogP contribution >= 0.6 is 0 Å². The molecule has 128 valence electrons. The highest BCUT2D eigenvalue weighted by Gasteiger charge is 2.23. The SMILES string of the molecule is CC(NC(=O)N1CCN(Cc2ccccc2)CC1)c1nncn1C. The molecule has 1 fully saturated rings. The monoisotopic (exact) mass is 328 g/mol. The van der Waals surface area contributed by atoms with Crippen LogP contribution in [-0.2, 0) is 13.6 Å². The van der Waals surface area contributed by atoms with Gasteiger partial charge < -0.3 is 14.8 Å². The van der Waals surface area contributed by atoms with Gasteiger partial charge in [0.25, 0.3) is 0 Å². The topological polar surface area (TPSA) is 66.3 Å². The second kappa shape index (κ2) is 7.44. The number of aromatic nitrogens is 3. The van der Waals surface area contributed by atoms with Gasteiger partial charge in [0, 0.05) is 39.8 Å². The van der Waals surface area contributed by atoms with E-state index in [0.717, 1.165) is 38.5 Å². The van der Waals surface area contributed by atoms with Gasteiger partial charge in [0.05, 0.1) is 6.04 Å². The lowest BCUT2D eigenvalue weighted by atomic mass is 10.2. The van der Waals surface area contributed by atoms with Crippen LogP contribution in [-0.4, -0.2) is 56.8 Å². The van der Waals surface area contributed by atoms with Crippen LogP contribution in [0, 0.1) is 0 Å². The Kier molecular flexibility index (Phi) is 5.10. The summed E-state index contributed by atoms with van der Waals surface area (Å²) in [5.41, 5.74) is 1.31. The number of amides is 2. The quantitative estimate of drug-likeness (QED) is 0.921. The fraction of sp³-hybridized carbons (Fsp3) is 0.471. The summed E-state index contributed by atoms with van der Waals surface area (Å²) in [4.78, 5) is 16.7. The molecule has 1 saturated heterocycles. The third kappa shape index (κ3) is 3.91. The number of aryl methyl sites for hydroxylation is 1. The smallest absolute Gasteiger partial charge is 0.318 e. The Balaban J connectivity index is 1.47. The highest BCUT2D eigenvalue weighted by Crippen LogP contribution is 2.11. The zero-order valence-electron chi connectivity index (χ0n) is 14.2. The molecule has 2 amide bonds. The molecule has 7 heteroatoms. The van der Waals surface area contributed by atoms with E-state index in [2.05, 4.69) is 44.7 Å². The standard InChI is InChI=1S/C17H24N6O/c1-14(16-20-18-13-21(16)2)19-17(24)23-10-8-22(9-11-23)12-15-6-4-3-5-7-15/h3-7,13-14H,8-12H2,1-2H3,(H,19,24). The third-order valence-corrected chi connectivity index (χ3v) is 4.38. The van der Waals surface area contributed by atoms with Crippen molar-refractivity contribution in [2.45, 2.75) is 19.5 Å². The zero-order valence-corrected chi connectivity index (χ0v) is 14.2. The van der Waals surface area contributed by atoms with Crippen molar-refractivity contribution in [1.29, 1.82) is 0 Å². The highest BCUT2D eigenvalue weighted by molar-refractivity contribution is 5.74. The third-order valence-electron chi connectivity index (χ3n) is 4.38. The minimum Gasteiger partial charge on any atom is -0.328 e. The molecule has 3 rings (SSSR count). The maximum atomic E-state index is 12.4. The van der Waals surface area contributed by atoms with Gasteiger partial charge >= 0.3 is 6.03 Å². The van der Waals surface area contributed by atoms with E-state index >= 15 is 0 Å². The number of nitrogens with zero attached hydrogens (tertiary/aromatic N) is 5. The summed E-state index contributed by atoms with van der Waals surface area (Å²) >= 11 is 0. The van der Waals surface area contributed by atoms with Gasteiger partial charge in [-0.15, -0.1) is 10.2 Å². The first-order valence-electron chi connectivity index (χ1n) is 8.29. The fourth-order valence-electron chi connectivity index (χ4n) is 2.98. The number of carbonyl (C=O) groups excluding carboxylic acids is 1. The zero-order chi connectivity index (χ0) is 16.9.